The largest absolute Gasteiger partial charge is 0.444 e. The van der Waals surface area contributed by atoms with Crippen molar-refractivity contribution in [1.82, 2.24) is 15.5 Å². The number of amides is 1. The third-order valence-corrected chi connectivity index (χ3v) is 4.62. The fourth-order valence-electron chi connectivity index (χ4n) is 3.47. The quantitative estimate of drug-likeness (QED) is 0.556. The molecule has 0 saturated carbocycles. The van der Waals surface area contributed by atoms with E-state index in [1.165, 1.54) is 6.42 Å². The maximum atomic E-state index is 12.1. The summed E-state index contributed by atoms with van der Waals surface area (Å²) in [5, 5.41) is 6.83. The van der Waals surface area contributed by atoms with Crippen LogP contribution in [0.15, 0.2) is 4.99 Å². The van der Waals surface area contributed by atoms with Crippen molar-refractivity contribution >= 4 is 12.1 Å². The standard InChI is InChI=1S/C19H36N4O3/c1-7-20-17(22-15-10-14-8-9-16(15)25-14)21-11-13(2)12-23(6)18(24)26-19(3,4)5/h13-16H,7-12H2,1-6H3,(H2,20,21,22). The lowest BCUT2D eigenvalue weighted by Crippen LogP contribution is -2.47. The molecule has 0 aromatic rings. The molecule has 7 nitrogen and oxygen atoms in total. The van der Waals surface area contributed by atoms with Gasteiger partial charge in [-0.15, -0.1) is 0 Å². The average molecular weight is 369 g/mol. The van der Waals surface area contributed by atoms with Gasteiger partial charge in [-0.25, -0.2) is 4.79 Å². The molecule has 0 spiro atoms. The van der Waals surface area contributed by atoms with Crippen LogP contribution in [0.4, 0.5) is 4.79 Å². The normalized spacial score (nSPS) is 26.5. The summed E-state index contributed by atoms with van der Waals surface area (Å²) in [7, 11) is 1.77. The van der Waals surface area contributed by atoms with Crippen molar-refractivity contribution in [3.05, 3.63) is 0 Å². The number of carbonyl (C=O) groups excluding carboxylic acids is 1. The Bertz CT molecular complexity index is 504. The van der Waals surface area contributed by atoms with Gasteiger partial charge in [0.05, 0.1) is 18.2 Å². The predicted octanol–water partition coefficient (Wildman–Crippen LogP) is 2.36. The first-order chi connectivity index (χ1) is 12.2. The first kappa shape index (κ1) is 20.8. The van der Waals surface area contributed by atoms with Crippen molar-refractivity contribution in [2.75, 3.05) is 26.7 Å². The molecule has 0 radical (unpaired) electrons. The van der Waals surface area contributed by atoms with Gasteiger partial charge in [0.1, 0.15) is 5.60 Å². The van der Waals surface area contributed by atoms with Crippen molar-refractivity contribution in [1.29, 1.82) is 0 Å². The van der Waals surface area contributed by atoms with E-state index in [1.54, 1.807) is 11.9 Å². The molecule has 1 amide bonds. The number of fused-ring (bicyclic) bond motifs is 2. The minimum atomic E-state index is -0.475. The highest BCUT2D eigenvalue weighted by Crippen LogP contribution is 2.34. The molecule has 2 aliphatic heterocycles. The van der Waals surface area contributed by atoms with Crippen LogP contribution in [0.3, 0.4) is 0 Å². The minimum Gasteiger partial charge on any atom is -0.444 e. The highest BCUT2D eigenvalue weighted by atomic mass is 16.6. The molecule has 2 aliphatic rings. The lowest BCUT2D eigenvalue weighted by molar-refractivity contribution is 0.0279. The van der Waals surface area contributed by atoms with Crippen molar-refractivity contribution < 1.29 is 14.3 Å². The smallest absolute Gasteiger partial charge is 0.410 e. The Morgan fingerprint density at radius 1 is 1.38 bits per heavy atom. The van der Waals surface area contributed by atoms with Gasteiger partial charge in [0.25, 0.3) is 0 Å². The Balaban J connectivity index is 1.81. The summed E-state index contributed by atoms with van der Waals surface area (Å²) in [5.74, 6) is 1.07. The van der Waals surface area contributed by atoms with Crippen LogP contribution in [0.5, 0.6) is 0 Å². The van der Waals surface area contributed by atoms with Gasteiger partial charge >= 0.3 is 6.09 Å². The van der Waals surface area contributed by atoms with Crippen LogP contribution in [-0.2, 0) is 9.47 Å². The van der Waals surface area contributed by atoms with Crippen molar-refractivity contribution in [2.45, 2.75) is 77.7 Å². The Morgan fingerprint density at radius 2 is 2.12 bits per heavy atom. The van der Waals surface area contributed by atoms with Gasteiger partial charge in [0.2, 0.25) is 0 Å². The Labute approximate surface area is 157 Å². The highest BCUT2D eigenvalue weighted by Gasteiger charge is 2.41. The molecule has 7 heteroatoms. The molecule has 2 fully saturated rings. The third kappa shape index (κ3) is 6.34. The van der Waals surface area contributed by atoms with Gasteiger partial charge in [-0.1, -0.05) is 6.92 Å². The lowest BCUT2D eigenvalue weighted by Gasteiger charge is -2.26. The zero-order valence-electron chi connectivity index (χ0n) is 17.2. The van der Waals surface area contributed by atoms with Gasteiger partial charge in [-0.2, -0.15) is 0 Å². The molecule has 0 aromatic heterocycles. The number of nitrogens with zero attached hydrogens (tertiary/aromatic N) is 2. The Hall–Kier alpha value is -1.50. The summed E-state index contributed by atoms with van der Waals surface area (Å²) in [6, 6.07) is 0.353. The van der Waals surface area contributed by atoms with Crippen LogP contribution >= 0.6 is 0 Å². The van der Waals surface area contributed by atoms with Crippen molar-refractivity contribution in [3.63, 3.8) is 0 Å². The summed E-state index contributed by atoms with van der Waals surface area (Å²) in [6.45, 7) is 11.8. The highest BCUT2D eigenvalue weighted by molar-refractivity contribution is 5.80. The maximum Gasteiger partial charge on any atom is 0.410 e. The first-order valence-corrected chi connectivity index (χ1v) is 9.82. The van der Waals surface area contributed by atoms with Crippen molar-refractivity contribution in [3.8, 4) is 0 Å². The first-order valence-electron chi connectivity index (χ1n) is 9.82. The van der Waals surface area contributed by atoms with E-state index in [4.69, 9.17) is 14.5 Å². The van der Waals surface area contributed by atoms with Crippen LogP contribution in [-0.4, -0.2) is 67.5 Å². The molecule has 150 valence electrons. The summed E-state index contributed by atoms with van der Waals surface area (Å²) in [5.41, 5.74) is -0.475. The van der Waals surface area contributed by atoms with Crippen LogP contribution < -0.4 is 10.6 Å². The number of ether oxygens (including phenoxy) is 2. The Kier molecular flexibility index (Phi) is 7.15. The SMILES string of the molecule is CCNC(=NCC(C)CN(C)C(=O)OC(C)(C)C)NC1CC2CCC1O2. The number of hydrogen-bond acceptors (Lipinski definition) is 4. The summed E-state index contributed by atoms with van der Waals surface area (Å²) >= 11 is 0. The minimum absolute atomic E-state index is 0.235. The van der Waals surface area contributed by atoms with E-state index >= 15 is 0 Å². The number of carbonyl (C=O) groups is 1. The molecule has 2 heterocycles. The lowest BCUT2D eigenvalue weighted by atomic mass is 9.96. The van der Waals surface area contributed by atoms with Crippen molar-refractivity contribution in [2.24, 2.45) is 10.9 Å². The zero-order valence-corrected chi connectivity index (χ0v) is 17.2. The van der Waals surface area contributed by atoms with Crippen LogP contribution in [0.2, 0.25) is 0 Å². The van der Waals surface area contributed by atoms with E-state index in [2.05, 4.69) is 24.5 Å². The summed E-state index contributed by atoms with van der Waals surface area (Å²) in [4.78, 5) is 18.4. The Morgan fingerprint density at radius 3 is 2.65 bits per heavy atom. The van der Waals surface area contributed by atoms with E-state index in [0.717, 1.165) is 25.3 Å². The average Bonchev–Trinajstić information content (AvgIpc) is 3.14. The van der Waals surface area contributed by atoms with Gasteiger partial charge in [-0.05, 0) is 52.9 Å². The van der Waals surface area contributed by atoms with E-state index in [1.807, 2.05) is 20.8 Å². The zero-order chi connectivity index (χ0) is 19.3. The van der Waals surface area contributed by atoms with E-state index in [-0.39, 0.29) is 12.0 Å². The van der Waals surface area contributed by atoms with Gasteiger partial charge in [-0.3, -0.25) is 4.99 Å². The second kappa shape index (κ2) is 8.93. The molecular weight excluding hydrogens is 332 g/mol. The molecule has 2 saturated heterocycles. The molecule has 26 heavy (non-hydrogen) atoms. The number of nitrogens with one attached hydrogen (secondary N) is 2. The second-order valence-electron chi connectivity index (χ2n) is 8.55. The fraction of sp³-hybridized carbons (Fsp3) is 0.895. The summed E-state index contributed by atoms with van der Waals surface area (Å²) in [6.07, 6.45) is 3.83. The van der Waals surface area contributed by atoms with Crippen LogP contribution in [0.25, 0.3) is 0 Å². The molecule has 2 bridgehead atoms. The molecule has 2 N–H and O–H groups in total. The molecule has 0 aromatic carbocycles. The third-order valence-electron chi connectivity index (χ3n) is 4.62. The van der Waals surface area contributed by atoms with E-state index in [9.17, 15) is 4.79 Å². The fourth-order valence-corrected chi connectivity index (χ4v) is 3.47. The topological polar surface area (TPSA) is 75.2 Å². The maximum absolute atomic E-state index is 12.1. The number of rotatable bonds is 6. The van der Waals surface area contributed by atoms with E-state index in [0.29, 0.717) is 31.3 Å². The molecular formula is C19H36N4O3. The van der Waals surface area contributed by atoms with Gasteiger partial charge < -0.3 is 25.0 Å². The molecule has 0 aliphatic carbocycles. The van der Waals surface area contributed by atoms with Gasteiger partial charge in [0.15, 0.2) is 5.96 Å². The van der Waals surface area contributed by atoms with Gasteiger partial charge in [0, 0.05) is 26.7 Å². The monoisotopic (exact) mass is 368 g/mol. The van der Waals surface area contributed by atoms with Crippen LogP contribution in [0.1, 0.15) is 53.9 Å². The second-order valence-corrected chi connectivity index (χ2v) is 8.55. The summed E-state index contributed by atoms with van der Waals surface area (Å²) < 4.78 is 11.3. The number of hydrogen-bond donors (Lipinski definition) is 2. The number of aliphatic imine (C=N–C) groups is 1. The molecule has 4 atom stereocenters. The molecule has 4 unspecified atom stereocenters. The van der Waals surface area contributed by atoms with E-state index < -0.39 is 5.60 Å². The predicted molar refractivity (Wildman–Crippen MR) is 103 cm³/mol. The number of guanidine groups is 1. The molecule has 2 rings (SSSR count). The van der Waals surface area contributed by atoms with Crippen LogP contribution in [0, 0.1) is 5.92 Å².